The summed E-state index contributed by atoms with van der Waals surface area (Å²) in [4.78, 5) is 22.5. The molecule has 1 amide bonds. The molecular formula is C10H19NO3S. The first kappa shape index (κ1) is 14.3. The van der Waals surface area contributed by atoms with Gasteiger partial charge in [0.15, 0.2) is 0 Å². The zero-order valence-corrected chi connectivity index (χ0v) is 10.5. The molecule has 0 saturated carbocycles. The molecule has 0 aliphatic carbocycles. The van der Waals surface area contributed by atoms with Crippen molar-refractivity contribution in [3.8, 4) is 0 Å². The van der Waals surface area contributed by atoms with Gasteiger partial charge in [0.25, 0.3) is 0 Å². The third-order valence-corrected chi connectivity index (χ3v) is 2.67. The predicted molar refractivity (Wildman–Crippen MR) is 61.8 cm³/mol. The highest BCUT2D eigenvalue weighted by atomic mass is 32.2. The minimum absolute atomic E-state index is 0.0423. The maximum absolute atomic E-state index is 11.4. The second kappa shape index (κ2) is 7.56. The highest BCUT2D eigenvalue weighted by molar-refractivity contribution is 8.01. The number of nitrogens with one attached hydrogen (secondary N) is 1. The molecule has 1 unspecified atom stereocenters. The first-order valence-electron chi connectivity index (χ1n) is 5.05. The molecule has 15 heavy (non-hydrogen) atoms. The lowest BCUT2D eigenvalue weighted by molar-refractivity contribution is -0.139. The van der Waals surface area contributed by atoms with E-state index in [0.29, 0.717) is 6.61 Å². The maximum atomic E-state index is 11.4. The Morgan fingerprint density at radius 3 is 2.40 bits per heavy atom. The number of esters is 1. The van der Waals surface area contributed by atoms with Crippen LogP contribution in [0.3, 0.4) is 0 Å². The molecule has 0 radical (unpaired) electrons. The summed E-state index contributed by atoms with van der Waals surface area (Å²) in [6.45, 7) is 7.73. The number of carbonyl (C=O) groups is 2. The lowest BCUT2D eigenvalue weighted by Gasteiger charge is -2.13. The topological polar surface area (TPSA) is 55.4 Å². The Morgan fingerprint density at radius 1 is 1.33 bits per heavy atom. The van der Waals surface area contributed by atoms with Gasteiger partial charge in [-0.05, 0) is 27.7 Å². The van der Waals surface area contributed by atoms with Gasteiger partial charge in [-0.2, -0.15) is 0 Å². The van der Waals surface area contributed by atoms with Crippen LogP contribution in [0, 0.1) is 0 Å². The molecule has 5 heteroatoms. The van der Waals surface area contributed by atoms with E-state index in [2.05, 4.69) is 5.32 Å². The Labute approximate surface area is 95.1 Å². The van der Waals surface area contributed by atoms with E-state index in [1.807, 2.05) is 13.8 Å². The van der Waals surface area contributed by atoms with E-state index in [4.69, 9.17) is 4.74 Å². The average Bonchev–Trinajstić information content (AvgIpc) is 2.13. The molecule has 0 aromatic carbocycles. The van der Waals surface area contributed by atoms with Crippen LogP contribution in [0.4, 0.5) is 0 Å². The van der Waals surface area contributed by atoms with Crippen LogP contribution in [0.1, 0.15) is 27.7 Å². The summed E-state index contributed by atoms with van der Waals surface area (Å²) in [5.74, 6) is -0.0912. The summed E-state index contributed by atoms with van der Waals surface area (Å²) < 4.78 is 4.76. The van der Waals surface area contributed by atoms with Gasteiger partial charge in [-0.25, -0.2) is 0 Å². The molecular weight excluding hydrogens is 214 g/mol. The molecule has 0 fully saturated rings. The molecule has 0 aromatic heterocycles. The first-order chi connectivity index (χ1) is 6.97. The predicted octanol–water partition coefficient (Wildman–Crippen LogP) is 1.20. The van der Waals surface area contributed by atoms with E-state index in [9.17, 15) is 9.59 Å². The third kappa shape index (κ3) is 7.25. The van der Waals surface area contributed by atoms with Gasteiger partial charge in [-0.1, -0.05) is 0 Å². The second-order valence-corrected chi connectivity index (χ2v) is 4.75. The normalized spacial score (nSPS) is 12.3. The fourth-order valence-electron chi connectivity index (χ4n) is 0.873. The molecule has 0 bridgehead atoms. The summed E-state index contributed by atoms with van der Waals surface area (Å²) in [7, 11) is 0. The van der Waals surface area contributed by atoms with Crippen LogP contribution < -0.4 is 5.32 Å². The molecule has 0 rings (SSSR count). The summed E-state index contributed by atoms with van der Waals surface area (Å²) in [6, 6.07) is 0.128. The van der Waals surface area contributed by atoms with E-state index in [-0.39, 0.29) is 28.9 Å². The zero-order valence-electron chi connectivity index (χ0n) is 9.70. The largest absolute Gasteiger partial charge is 0.465 e. The molecule has 0 aliphatic heterocycles. The Balaban J connectivity index is 3.77. The summed E-state index contributed by atoms with van der Waals surface area (Å²) in [5.41, 5.74) is 0. The van der Waals surface area contributed by atoms with Crippen LogP contribution in [-0.4, -0.2) is 35.5 Å². The van der Waals surface area contributed by atoms with Gasteiger partial charge in [0.05, 0.1) is 17.6 Å². The third-order valence-electron chi connectivity index (χ3n) is 1.56. The number of hydrogen-bond acceptors (Lipinski definition) is 4. The molecule has 4 nitrogen and oxygen atoms in total. The molecule has 88 valence electrons. The summed E-state index contributed by atoms with van der Waals surface area (Å²) in [6.07, 6.45) is 0. The number of amides is 1. The van der Waals surface area contributed by atoms with E-state index in [0.717, 1.165) is 0 Å². The van der Waals surface area contributed by atoms with Crippen LogP contribution in [0.25, 0.3) is 0 Å². The second-order valence-electron chi connectivity index (χ2n) is 3.42. The molecule has 0 spiro atoms. The Morgan fingerprint density at radius 2 is 1.93 bits per heavy atom. The van der Waals surface area contributed by atoms with Crippen molar-refractivity contribution in [1.29, 1.82) is 0 Å². The van der Waals surface area contributed by atoms with Gasteiger partial charge in [0.2, 0.25) is 5.91 Å². The lowest BCUT2D eigenvalue weighted by atomic mass is 10.3. The quantitative estimate of drug-likeness (QED) is 0.700. The fourth-order valence-corrected chi connectivity index (χ4v) is 1.56. The Bertz CT molecular complexity index is 219. The van der Waals surface area contributed by atoms with E-state index < -0.39 is 0 Å². The highest BCUT2D eigenvalue weighted by Crippen LogP contribution is 2.10. The zero-order chi connectivity index (χ0) is 11.8. The Hall–Kier alpha value is -0.710. The van der Waals surface area contributed by atoms with Gasteiger partial charge in [0, 0.05) is 6.04 Å². The molecule has 1 atom stereocenters. The number of rotatable bonds is 6. The van der Waals surface area contributed by atoms with Crippen molar-refractivity contribution in [3.63, 3.8) is 0 Å². The minimum atomic E-state index is -0.272. The van der Waals surface area contributed by atoms with Crippen molar-refractivity contribution >= 4 is 23.6 Å². The van der Waals surface area contributed by atoms with Crippen molar-refractivity contribution in [2.24, 2.45) is 0 Å². The van der Waals surface area contributed by atoms with Crippen molar-refractivity contribution in [2.45, 2.75) is 39.0 Å². The molecule has 0 saturated heterocycles. The standard InChI is InChI=1S/C10H19NO3S/c1-5-14-9(12)6-15-8(4)10(13)11-7(2)3/h7-8H,5-6H2,1-4H3,(H,11,13). The van der Waals surface area contributed by atoms with Crippen LogP contribution in [0.5, 0.6) is 0 Å². The molecule has 1 N–H and O–H groups in total. The number of ether oxygens (including phenoxy) is 1. The van der Waals surface area contributed by atoms with Gasteiger partial charge in [0.1, 0.15) is 0 Å². The van der Waals surface area contributed by atoms with Crippen molar-refractivity contribution < 1.29 is 14.3 Å². The monoisotopic (exact) mass is 233 g/mol. The van der Waals surface area contributed by atoms with E-state index in [1.165, 1.54) is 11.8 Å². The number of hydrogen-bond donors (Lipinski definition) is 1. The molecule has 0 aliphatic rings. The summed E-state index contributed by atoms with van der Waals surface area (Å²) in [5, 5.41) is 2.56. The molecule has 0 aromatic rings. The van der Waals surface area contributed by atoms with Crippen molar-refractivity contribution in [2.75, 3.05) is 12.4 Å². The maximum Gasteiger partial charge on any atom is 0.315 e. The minimum Gasteiger partial charge on any atom is -0.465 e. The van der Waals surface area contributed by atoms with E-state index in [1.54, 1.807) is 13.8 Å². The lowest BCUT2D eigenvalue weighted by Crippen LogP contribution is -2.36. The average molecular weight is 233 g/mol. The fraction of sp³-hybridized carbons (Fsp3) is 0.800. The van der Waals surface area contributed by atoms with Crippen molar-refractivity contribution in [1.82, 2.24) is 5.32 Å². The van der Waals surface area contributed by atoms with Crippen LogP contribution in [0.15, 0.2) is 0 Å². The van der Waals surface area contributed by atoms with Crippen LogP contribution in [-0.2, 0) is 14.3 Å². The Kier molecular flexibility index (Phi) is 7.21. The van der Waals surface area contributed by atoms with Gasteiger partial charge >= 0.3 is 5.97 Å². The van der Waals surface area contributed by atoms with Crippen LogP contribution >= 0.6 is 11.8 Å². The van der Waals surface area contributed by atoms with Crippen LogP contribution in [0.2, 0.25) is 0 Å². The van der Waals surface area contributed by atoms with Gasteiger partial charge in [-0.3, -0.25) is 9.59 Å². The van der Waals surface area contributed by atoms with Crippen molar-refractivity contribution in [3.05, 3.63) is 0 Å². The van der Waals surface area contributed by atoms with Gasteiger partial charge < -0.3 is 10.1 Å². The SMILES string of the molecule is CCOC(=O)CSC(C)C(=O)NC(C)C. The first-order valence-corrected chi connectivity index (χ1v) is 6.09. The van der Waals surface area contributed by atoms with Gasteiger partial charge in [-0.15, -0.1) is 11.8 Å². The van der Waals surface area contributed by atoms with E-state index >= 15 is 0 Å². The number of carbonyl (C=O) groups excluding carboxylic acids is 2. The number of thioether (sulfide) groups is 1. The molecule has 0 heterocycles. The highest BCUT2D eigenvalue weighted by Gasteiger charge is 2.15. The smallest absolute Gasteiger partial charge is 0.315 e. The summed E-state index contributed by atoms with van der Waals surface area (Å²) >= 11 is 1.29.